The molecule has 0 atom stereocenters. The lowest BCUT2D eigenvalue weighted by molar-refractivity contribution is 0.599. The number of rotatable bonds is 5. The van der Waals surface area contributed by atoms with Crippen LogP contribution in [0, 0.1) is 17.1 Å². The van der Waals surface area contributed by atoms with Gasteiger partial charge in [0.1, 0.15) is 5.82 Å². The van der Waals surface area contributed by atoms with Gasteiger partial charge < -0.3 is 5.32 Å². The average Bonchev–Trinajstić information content (AvgIpc) is 2.64. The maximum atomic E-state index is 12.9. The third-order valence-electron chi connectivity index (χ3n) is 3.29. The predicted octanol–water partition coefficient (Wildman–Crippen LogP) is 3.03. The van der Waals surface area contributed by atoms with Gasteiger partial charge in [-0.2, -0.15) is 5.26 Å². The number of benzene rings is 2. The Morgan fingerprint density at radius 2 is 1.65 bits per heavy atom. The van der Waals surface area contributed by atoms with E-state index >= 15 is 0 Å². The Labute approximate surface area is 149 Å². The summed E-state index contributed by atoms with van der Waals surface area (Å²) in [5.74, 6) is -0.130. The number of hydrogen-bond acceptors (Lipinski definition) is 6. The van der Waals surface area contributed by atoms with E-state index in [1.807, 2.05) is 6.07 Å². The molecule has 26 heavy (non-hydrogen) atoms. The fraction of sp³-hybridized carbons (Fsp3) is 0. The Bertz CT molecular complexity index is 1060. The first-order chi connectivity index (χ1) is 12.5. The summed E-state index contributed by atoms with van der Waals surface area (Å²) in [6.45, 7) is 0. The lowest BCUT2D eigenvalue weighted by Crippen LogP contribution is -2.14. The summed E-state index contributed by atoms with van der Waals surface area (Å²) in [6.07, 6.45) is 0. The quantitative estimate of drug-likeness (QED) is 0.716. The molecular weight excluding hydrogens is 357 g/mol. The normalized spacial score (nSPS) is 10.8. The number of hydrogen-bond donors (Lipinski definition) is 2. The Morgan fingerprint density at radius 3 is 2.31 bits per heavy atom. The van der Waals surface area contributed by atoms with Crippen molar-refractivity contribution in [2.75, 3.05) is 10.0 Å². The van der Waals surface area contributed by atoms with E-state index in [4.69, 9.17) is 5.26 Å². The van der Waals surface area contributed by atoms with Crippen molar-refractivity contribution in [3.8, 4) is 6.07 Å². The molecule has 3 rings (SSSR count). The molecule has 0 saturated heterocycles. The van der Waals surface area contributed by atoms with Crippen molar-refractivity contribution in [3.63, 3.8) is 0 Å². The summed E-state index contributed by atoms with van der Waals surface area (Å²) in [5, 5.41) is 19.5. The SMILES string of the molecule is N#Cc1cccc(Nc2ccc(NS(=O)(=O)c3ccc(F)cc3)nn2)c1. The lowest BCUT2D eigenvalue weighted by atomic mass is 10.2. The van der Waals surface area contributed by atoms with E-state index in [0.717, 1.165) is 24.3 Å². The van der Waals surface area contributed by atoms with E-state index in [9.17, 15) is 12.8 Å². The molecule has 0 aliphatic rings. The van der Waals surface area contributed by atoms with E-state index in [2.05, 4.69) is 20.2 Å². The lowest BCUT2D eigenvalue weighted by Gasteiger charge is -2.08. The van der Waals surface area contributed by atoms with E-state index in [0.29, 0.717) is 17.1 Å². The number of nitrogens with zero attached hydrogens (tertiary/aromatic N) is 3. The third-order valence-corrected chi connectivity index (χ3v) is 4.66. The molecule has 0 bridgehead atoms. The zero-order chi connectivity index (χ0) is 18.6. The van der Waals surface area contributed by atoms with Gasteiger partial charge >= 0.3 is 0 Å². The molecule has 130 valence electrons. The van der Waals surface area contributed by atoms with Crippen molar-refractivity contribution in [2.45, 2.75) is 4.90 Å². The van der Waals surface area contributed by atoms with Gasteiger partial charge in [0.25, 0.3) is 10.0 Å². The minimum atomic E-state index is -3.89. The molecular formula is C17H12FN5O2S. The van der Waals surface area contributed by atoms with Crippen LogP contribution in [0.4, 0.5) is 21.7 Å². The standard InChI is InChI=1S/C17H12FN5O2S/c18-13-4-6-15(7-5-13)26(24,25)23-17-9-8-16(21-22-17)20-14-3-1-2-12(10-14)11-19/h1-10H,(H,20,21)(H,22,23). The van der Waals surface area contributed by atoms with E-state index in [1.54, 1.807) is 24.3 Å². The Kier molecular flexibility index (Phi) is 4.77. The second kappa shape index (κ2) is 7.16. The number of halogens is 1. The van der Waals surface area contributed by atoms with Gasteiger partial charge in [0.2, 0.25) is 0 Å². The number of nitrogens with one attached hydrogen (secondary N) is 2. The molecule has 0 saturated carbocycles. The summed E-state index contributed by atoms with van der Waals surface area (Å²) < 4.78 is 39.6. The van der Waals surface area contributed by atoms with Crippen LogP contribution in [0.25, 0.3) is 0 Å². The van der Waals surface area contributed by atoms with Crippen LogP contribution >= 0.6 is 0 Å². The van der Waals surface area contributed by atoms with E-state index < -0.39 is 15.8 Å². The highest BCUT2D eigenvalue weighted by atomic mass is 32.2. The number of anilines is 3. The number of nitriles is 1. The molecule has 0 amide bonds. The molecule has 2 N–H and O–H groups in total. The molecule has 9 heteroatoms. The van der Waals surface area contributed by atoms with Crippen LogP contribution in [0.3, 0.4) is 0 Å². The van der Waals surface area contributed by atoms with Crippen LogP contribution < -0.4 is 10.0 Å². The monoisotopic (exact) mass is 369 g/mol. The predicted molar refractivity (Wildman–Crippen MR) is 93.7 cm³/mol. The van der Waals surface area contributed by atoms with Gasteiger partial charge in [0.15, 0.2) is 11.6 Å². The molecule has 7 nitrogen and oxygen atoms in total. The topological polar surface area (TPSA) is 108 Å². The summed E-state index contributed by atoms with van der Waals surface area (Å²) in [7, 11) is -3.89. The molecule has 3 aromatic rings. The molecule has 0 unspecified atom stereocenters. The summed E-state index contributed by atoms with van der Waals surface area (Å²) in [6, 6.07) is 16.2. The van der Waals surface area contributed by atoms with Crippen LogP contribution in [-0.2, 0) is 10.0 Å². The minimum Gasteiger partial charge on any atom is -0.339 e. The molecule has 0 radical (unpaired) electrons. The Morgan fingerprint density at radius 1 is 0.962 bits per heavy atom. The van der Waals surface area contributed by atoms with Crippen molar-refractivity contribution < 1.29 is 12.8 Å². The first-order valence-corrected chi connectivity index (χ1v) is 8.84. The molecule has 2 aromatic carbocycles. The van der Waals surface area contributed by atoms with Crippen LogP contribution in [0.2, 0.25) is 0 Å². The molecule has 0 spiro atoms. The van der Waals surface area contributed by atoms with Gasteiger partial charge in [0.05, 0.1) is 16.5 Å². The second-order valence-corrected chi connectivity index (χ2v) is 6.86. The van der Waals surface area contributed by atoms with Crippen LogP contribution in [0.5, 0.6) is 0 Å². The molecule has 0 fully saturated rings. The van der Waals surface area contributed by atoms with Crippen LogP contribution in [0.15, 0.2) is 65.6 Å². The van der Waals surface area contributed by atoms with Gasteiger partial charge in [-0.25, -0.2) is 12.8 Å². The zero-order valence-corrected chi connectivity index (χ0v) is 14.0. The summed E-state index contributed by atoms with van der Waals surface area (Å²) in [5.41, 5.74) is 1.14. The van der Waals surface area contributed by atoms with Crippen molar-refractivity contribution in [2.24, 2.45) is 0 Å². The van der Waals surface area contributed by atoms with Crippen molar-refractivity contribution in [1.29, 1.82) is 5.26 Å². The fourth-order valence-electron chi connectivity index (χ4n) is 2.08. The number of aromatic nitrogens is 2. The van der Waals surface area contributed by atoms with Gasteiger partial charge in [-0.1, -0.05) is 6.07 Å². The summed E-state index contributed by atoms with van der Waals surface area (Å²) >= 11 is 0. The fourth-order valence-corrected chi connectivity index (χ4v) is 3.07. The van der Waals surface area contributed by atoms with Crippen LogP contribution in [0.1, 0.15) is 5.56 Å². The highest BCUT2D eigenvalue weighted by Crippen LogP contribution is 2.18. The number of sulfonamides is 1. The smallest absolute Gasteiger partial charge is 0.263 e. The molecule has 0 aliphatic heterocycles. The second-order valence-electron chi connectivity index (χ2n) is 5.18. The van der Waals surface area contributed by atoms with Gasteiger partial charge in [0, 0.05) is 5.69 Å². The molecule has 0 aliphatic carbocycles. The van der Waals surface area contributed by atoms with Gasteiger partial charge in [-0.15, -0.1) is 10.2 Å². The third kappa shape index (κ3) is 4.12. The zero-order valence-electron chi connectivity index (χ0n) is 13.2. The maximum absolute atomic E-state index is 12.9. The molecule has 1 aromatic heterocycles. The van der Waals surface area contributed by atoms with E-state index in [1.165, 1.54) is 12.1 Å². The highest BCUT2D eigenvalue weighted by Gasteiger charge is 2.15. The summed E-state index contributed by atoms with van der Waals surface area (Å²) in [4.78, 5) is -0.0868. The Hall–Kier alpha value is -3.51. The van der Waals surface area contributed by atoms with E-state index in [-0.39, 0.29) is 10.7 Å². The minimum absolute atomic E-state index is 0.0191. The first kappa shape index (κ1) is 17.3. The van der Waals surface area contributed by atoms with Crippen molar-refractivity contribution in [1.82, 2.24) is 10.2 Å². The first-order valence-electron chi connectivity index (χ1n) is 7.35. The van der Waals surface area contributed by atoms with Gasteiger partial charge in [-0.3, -0.25) is 4.72 Å². The van der Waals surface area contributed by atoms with Crippen molar-refractivity contribution >= 4 is 27.3 Å². The Balaban J connectivity index is 1.73. The molecule has 1 heterocycles. The van der Waals surface area contributed by atoms with Gasteiger partial charge in [-0.05, 0) is 54.6 Å². The maximum Gasteiger partial charge on any atom is 0.263 e. The van der Waals surface area contributed by atoms with Crippen molar-refractivity contribution in [3.05, 3.63) is 72.0 Å². The largest absolute Gasteiger partial charge is 0.339 e. The van der Waals surface area contributed by atoms with Crippen LogP contribution in [-0.4, -0.2) is 18.6 Å². The highest BCUT2D eigenvalue weighted by molar-refractivity contribution is 7.92. The average molecular weight is 369 g/mol.